The Balaban J connectivity index is 2.24. The second kappa shape index (κ2) is 8.46. The van der Waals surface area contributed by atoms with Gasteiger partial charge in [-0.25, -0.2) is 0 Å². The Morgan fingerprint density at radius 1 is 1.40 bits per heavy atom. The minimum atomic E-state index is -4.33. The first-order valence-electron chi connectivity index (χ1n) is 7.08. The van der Waals surface area contributed by atoms with E-state index >= 15 is 0 Å². The lowest BCUT2D eigenvalue weighted by molar-refractivity contribution is -0.175. The molecule has 1 aliphatic heterocycles. The maximum atomic E-state index is 11.9. The molecule has 0 radical (unpaired) electrons. The molecular formula is C13H23F3N2O2. The van der Waals surface area contributed by atoms with E-state index < -0.39 is 12.8 Å². The molecular weight excluding hydrogens is 273 g/mol. The van der Waals surface area contributed by atoms with E-state index in [4.69, 9.17) is 0 Å². The fraction of sp³-hybridized carbons (Fsp3) is 0.923. The van der Waals surface area contributed by atoms with Crippen LogP contribution in [-0.2, 0) is 9.53 Å². The minimum absolute atomic E-state index is 0.00333. The molecule has 0 aromatic carbocycles. The Bertz CT molecular complexity index is 292. The number of nitrogens with one attached hydrogen (secondary N) is 1. The van der Waals surface area contributed by atoms with E-state index in [0.717, 1.165) is 25.8 Å². The quantitative estimate of drug-likeness (QED) is 0.730. The highest BCUT2D eigenvalue weighted by Gasteiger charge is 2.27. The molecule has 1 fully saturated rings. The lowest BCUT2D eigenvalue weighted by Crippen LogP contribution is -2.45. The maximum absolute atomic E-state index is 11.9. The van der Waals surface area contributed by atoms with Gasteiger partial charge < -0.3 is 15.0 Å². The number of nitrogens with zero attached hydrogens (tertiary/aromatic N) is 1. The number of likely N-dealkylation sites (N-methyl/N-ethyl adjacent to an activating group) is 1. The van der Waals surface area contributed by atoms with Crippen molar-refractivity contribution in [2.24, 2.45) is 0 Å². The molecule has 1 saturated heterocycles. The predicted molar refractivity (Wildman–Crippen MR) is 69.4 cm³/mol. The fourth-order valence-corrected chi connectivity index (χ4v) is 2.26. The second-order valence-corrected chi connectivity index (χ2v) is 5.00. The zero-order chi connectivity index (χ0) is 15.0. The average Bonchev–Trinajstić information content (AvgIpc) is 2.41. The van der Waals surface area contributed by atoms with Crippen molar-refractivity contribution < 1.29 is 22.7 Å². The molecule has 4 nitrogen and oxygen atoms in total. The van der Waals surface area contributed by atoms with Crippen LogP contribution in [0.4, 0.5) is 13.2 Å². The third-order valence-electron chi connectivity index (χ3n) is 3.31. The van der Waals surface area contributed by atoms with E-state index in [2.05, 4.69) is 10.1 Å². The Labute approximate surface area is 117 Å². The fourth-order valence-electron chi connectivity index (χ4n) is 2.26. The van der Waals surface area contributed by atoms with Crippen LogP contribution in [0.5, 0.6) is 0 Å². The highest BCUT2D eigenvalue weighted by Crippen LogP contribution is 2.14. The van der Waals surface area contributed by atoms with Crippen LogP contribution in [0.25, 0.3) is 0 Å². The van der Waals surface area contributed by atoms with Crippen molar-refractivity contribution in [2.75, 3.05) is 32.8 Å². The number of ether oxygens (including phenoxy) is 1. The summed E-state index contributed by atoms with van der Waals surface area (Å²) in [7, 11) is 0. The summed E-state index contributed by atoms with van der Waals surface area (Å²) in [6.45, 7) is 2.54. The highest BCUT2D eigenvalue weighted by atomic mass is 19.4. The number of carbonyl (C=O) groups is 1. The van der Waals surface area contributed by atoms with Crippen LogP contribution in [0.1, 0.15) is 32.6 Å². The molecule has 1 rings (SSSR count). The third-order valence-corrected chi connectivity index (χ3v) is 3.31. The molecule has 0 spiro atoms. The van der Waals surface area contributed by atoms with Crippen LogP contribution < -0.4 is 5.32 Å². The first kappa shape index (κ1) is 17.2. The summed E-state index contributed by atoms with van der Waals surface area (Å²) in [6, 6.07) is 0.295. The van der Waals surface area contributed by atoms with Gasteiger partial charge in [0.05, 0.1) is 13.0 Å². The van der Waals surface area contributed by atoms with Gasteiger partial charge >= 0.3 is 6.18 Å². The molecule has 20 heavy (non-hydrogen) atoms. The van der Waals surface area contributed by atoms with Gasteiger partial charge in [-0.05, 0) is 26.3 Å². The number of piperidine rings is 1. The topological polar surface area (TPSA) is 41.6 Å². The summed E-state index contributed by atoms with van der Waals surface area (Å²) >= 11 is 0. The number of rotatable bonds is 7. The Hall–Kier alpha value is -0.820. The van der Waals surface area contributed by atoms with Gasteiger partial charge in [0.15, 0.2) is 0 Å². The average molecular weight is 296 g/mol. The van der Waals surface area contributed by atoms with E-state index in [1.165, 1.54) is 0 Å². The molecule has 0 saturated carbocycles. The molecule has 1 atom stereocenters. The van der Waals surface area contributed by atoms with E-state index in [0.29, 0.717) is 19.1 Å². The summed E-state index contributed by atoms with van der Waals surface area (Å²) in [6.07, 6.45) is -0.996. The minimum Gasteiger partial charge on any atom is -0.372 e. The Morgan fingerprint density at radius 2 is 2.15 bits per heavy atom. The normalized spacial score (nSPS) is 19.9. The summed E-state index contributed by atoms with van der Waals surface area (Å²) in [5.41, 5.74) is 0. The zero-order valence-electron chi connectivity index (χ0n) is 11.8. The van der Waals surface area contributed by atoms with Gasteiger partial charge in [-0.3, -0.25) is 4.79 Å². The molecule has 1 aliphatic rings. The lowest BCUT2D eigenvalue weighted by atomic mass is 10.0. The number of carbonyl (C=O) groups excluding carboxylic acids is 1. The van der Waals surface area contributed by atoms with Crippen molar-refractivity contribution in [1.29, 1.82) is 0 Å². The van der Waals surface area contributed by atoms with Crippen LogP contribution >= 0.6 is 0 Å². The van der Waals surface area contributed by atoms with Gasteiger partial charge in [0, 0.05) is 19.1 Å². The largest absolute Gasteiger partial charge is 0.411 e. The molecule has 1 unspecified atom stereocenters. The summed E-state index contributed by atoms with van der Waals surface area (Å²) in [5.74, 6) is -0.151. The molecule has 1 N–H and O–H groups in total. The SMILES string of the molecule is CCN(CC1CCCCN1)C(=O)CCOCC(F)(F)F. The van der Waals surface area contributed by atoms with Gasteiger partial charge in [-0.1, -0.05) is 6.42 Å². The van der Waals surface area contributed by atoms with E-state index in [1.54, 1.807) is 4.90 Å². The Kier molecular flexibility index (Phi) is 7.29. The molecule has 0 aromatic heterocycles. The van der Waals surface area contributed by atoms with Gasteiger partial charge in [-0.15, -0.1) is 0 Å². The number of halogens is 3. The Morgan fingerprint density at radius 3 is 2.70 bits per heavy atom. The van der Waals surface area contributed by atoms with Crippen molar-refractivity contribution >= 4 is 5.91 Å². The van der Waals surface area contributed by atoms with Crippen molar-refractivity contribution in [3.05, 3.63) is 0 Å². The molecule has 0 aliphatic carbocycles. The van der Waals surface area contributed by atoms with Crippen LogP contribution in [0.3, 0.4) is 0 Å². The summed E-state index contributed by atoms with van der Waals surface area (Å²) < 4.78 is 40.1. The highest BCUT2D eigenvalue weighted by molar-refractivity contribution is 5.76. The van der Waals surface area contributed by atoms with Gasteiger partial charge in [0.25, 0.3) is 0 Å². The van der Waals surface area contributed by atoms with Crippen molar-refractivity contribution in [3.63, 3.8) is 0 Å². The number of amides is 1. The standard InChI is InChI=1S/C13H23F3N2O2/c1-2-18(9-11-5-3-4-7-17-11)12(19)6-8-20-10-13(14,15)16/h11,17H,2-10H2,1H3. The summed E-state index contributed by atoms with van der Waals surface area (Å²) in [5, 5.41) is 3.35. The monoisotopic (exact) mass is 296 g/mol. The van der Waals surface area contributed by atoms with Crippen LogP contribution in [0, 0.1) is 0 Å². The smallest absolute Gasteiger partial charge is 0.372 e. The van der Waals surface area contributed by atoms with Crippen molar-refractivity contribution in [1.82, 2.24) is 10.2 Å². The number of alkyl halides is 3. The predicted octanol–water partition coefficient (Wildman–Crippen LogP) is 1.95. The van der Waals surface area contributed by atoms with Crippen LogP contribution in [0.2, 0.25) is 0 Å². The van der Waals surface area contributed by atoms with Crippen molar-refractivity contribution in [3.8, 4) is 0 Å². The van der Waals surface area contributed by atoms with Gasteiger partial charge in [-0.2, -0.15) is 13.2 Å². The van der Waals surface area contributed by atoms with Crippen molar-refractivity contribution in [2.45, 2.75) is 44.8 Å². The van der Waals surface area contributed by atoms with Crippen LogP contribution in [0.15, 0.2) is 0 Å². The van der Waals surface area contributed by atoms with Gasteiger partial charge in [0.2, 0.25) is 5.91 Å². The van der Waals surface area contributed by atoms with E-state index in [9.17, 15) is 18.0 Å². The van der Waals surface area contributed by atoms with E-state index in [1.807, 2.05) is 6.92 Å². The van der Waals surface area contributed by atoms with Gasteiger partial charge in [0.1, 0.15) is 6.61 Å². The van der Waals surface area contributed by atoms with Crippen LogP contribution in [-0.4, -0.2) is 55.9 Å². The molecule has 7 heteroatoms. The van der Waals surface area contributed by atoms with E-state index in [-0.39, 0.29) is 18.9 Å². The molecule has 1 amide bonds. The molecule has 0 aromatic rings. The first-order chi connectivity index (χ1) is 9.42. The molecule has 118 valence electrons. The third kappa shape index (κ3) is 7.09. The number of hydrogen-bond acceptors (Lipinski definition) is 3. The first-order valence-corrected chi connectivity index (χ1v) is 7.08. The summed E-state index contributed by atoms with van der Waals surface area (Å²) in [4.78, 5) is 13.6. The zero-order valence-corrected chi connectivity index (χ0v) is 11.8. The molecule has 0 bridgehead atoms. The number of hydrogen-bond donors (Lipinski definition) is 1. The maximum Gasteiger partial charge on any atom is 0.411 e. The lowest BCUT2D eigenvalue weighted by Gasteiger charge is -2.30. The second-order valence-electron chi connectivity index (χ2n) is 5.00. The molecule has 1 heterocycles.